The molecule has 0 radical (unpaired) electrons. The number of rotatable bonds is 9. The van der Waals surface area contributed by atoms with E-state index in [2.05, 4.69) is 38.8 Å². The molecule has 0 bridgehead atoms. The number of carbonyl (C=O) groups is 1. The van der Waals surface area contributed by atoms with Gasteiger partial charge in [0.25, 0.3) is 11.6 Å². The van der Waals surface area contributed by atoms with E-state index in [-0.39, 0.29) is 27.4 Å². The average molecular weight is 458 g/mol. The van der Waals surface area contributed by atoms with Crippen LogP contribution in [-0.4, -0.2) is 39.9 Å². The average Bonchev–Trinajstić information content (AvgIpc) is 3.34. The van der Waals surface area contributed by atoms with Crippen molar-refractivity contribution in [3.05, 3.63) is 58.8 Å². The monoisotopic (exact) mass is 457 g/mol. The Bertz CT molecular complexity index is 1130. The molecule has 2 aromatic heterocycles. The molecule has 0 saturated heterocycles. The third-order valence-electron chi connectivity index (χ3n) is 6.39. The maximum Gasteiger partial charge on any atom is 0.271 e. The fraction of sp³-hybridized carbons (Fsp3) is 0.455. The number of amides is 1. The van der Waals surface area contributed by atoms with Gasteiger partial charge >= 0.3 is 0 Å². The summed E-state index contributed by atoms with van der Waals surface area (Å²) in [6, 6.07) is 6.75. The van der Waals surface area contributed by atoms with Crippen LogP contribution in [0.4, 0.5) is 5.69 Å². The van der Waals surface area contributed by atoms with Crippen molar-refractivity contribution in [3.63, 3.8) is 0 Å². The van der Waals surface area contributed by atoms with Crippen molar-refractivity contribution < 1.29 is 14.1 Å². The molecule has 0 aliphatic carbocycles. The molecule has 1 amide bonds. The van der Waals surface area contributed by atoms with Gasteiger partial charge in [0.15, 0.2) is 8.32 Å². The Kier molecular flexibility index (Phi) is 6.56. The molecule has 172 valence electrons. The fourth-order valence-corrected chi connectivity index (χ4v) is 4.31. The van der Waals surface area contributed by atoms with Gasteiger partial charge in [0.2, 0.25) is 0 Å². The number of aromatic nitrogens is 3. The molecule has 1 atom stereocenters. The first-order valence-corrected chi connectivity index (χ1v) is 13.5. The van der Waals surface area contributed by atoms with Crippen molar-refractivity contribution in [1.82, 2.24) is 14.1 Å². The van der Waals surface area contributed by atoms with Gasteiger partial charge in [0.05, 0.1) is 29.4 Å². The van der Waals surface area contributed by atoms with Crippen molar-refractivity contribution in [2.45, 2.75) is 57.9 Å². The lowest BCUT2D eigenvalue weighted by molar-refractivity contribution is -0.384. The zero-order chi connectivity index (χ0) is 23.7. The molecule has 10 heteroatoms. The Morgan fingerprint density at radius 1 is 1.31 bits per heavy atom. The van der Waals surface area contributed by atoms with Crippen LogP contribution in [-0.2, 0) is 11.0 Å². The zero-order valence-corrected chi connectivity index (χ0v) is 20.2. The molecule has 0 aliphatic rings. The van der Waals surface area contributed by atoms with E-state index in [0.29, 0.717) is 19.6 Å². The smallest absolute Gasteiger partial charge is 0.271 e. The normalized spacial score (nSPS) is 13.4. The van der Waals surface area contributed by atoms with Crippen LogP contribution in [0, 0.1) is 10.1 Å². The van der Waals surface area contributed by atoms with Gasteiger partial charge < -0.3 is 19.3 Å². The molecule has 1 unspecified atom stereocenters. The van der Waals surface area contributed by atoms with Crippen LogP contribution in [0.1, 0.15) is 43.7 Å². The minimum Gasteiger partial charge on any atom is -0.415 e. The van der Waals surface area contributed by atoms with E-state index in [9.17, 15) is 14.9 Å². The third kappa shape index (κ3) is 5.08. The standard InChI is InChI=1S/C22H31N5O4Si/c1-22(2,3)32(4,5)31-14-18(26-13-19(21(23)28)24-15-26)9-11-25-10-8-16-6-7-17(27(29)30)12-20(16)25/h6-8,10,12-13,15,18H,9,11,14H2,1-5H3,(H2,23,28). The van der Waals surface area contributed by atoms with Crippen molar-refractivity contribution >= 4 is 30.8 Å². The molecule has 9 nitrogen and oxygen atoms in total. The number of benzene rings is 1. The molecular weight excluding hydrogens is 426 g/mol. The number of hydrogen-bond acceptors (Lipinski definition) is 5. The number of imidazole rings is 1. The number of nitro benzene ring substituents is 1. The van der Waals surface area contributed by atoms with Crippen LogP contribution in [0.25, 0.3) is 10.9 Å². The van der Waals surface area contributed by atoms with Crippen LogP contribution in [0.3, 0.4) is 0 Å². The predicted octanol–water partition coefficient (Wildman–Crippen LogP) is 4.50. The van der Waals surface area contributed by atoms with Gasteiger partial charge in [-0.3, -0.25) is 14.9 Å². The highest BCUT2D eigenvalue weighted by Gasteiger charge is 2.37. The Morgan fingerprint density at radius 3 is 2.62 bits per heavy atom. The fourth-order valence-electron chi connectivity index (χ4n) is 3.27. The number of primary amides is 1. The van der Waals surface area contributed by atoms with E-state index < -0.39 is 14.2 Å². The second-order valence-corrected chi connectivity index (χ2v) is 14.4. The van der Waals surface area contributed by atoms with E-state index in [1.807, 2.05) is 21.4 Å². The summed E-state index contributed by atoms with van der Waals surface area (Å²) in [5.41, 5.74) is 6.47. The summed E-state index contributed by atoms with van der Waals surface area (Å²) >= 11 is 0. The molecule has 32 heavy (non-hydrogen) atoms. The minimum atomic E-state index is -1.98. The summed E-state index contributed by atoms with van der Waals surface area (Å²) in [5.74, 6) is -0.573. The highest BCUT2D eigenvalue weighted by Crippen LogP contribution is 2.37. The number of aryl methyl sites for hydroxylation is 1. The number of nitrogens with two attached hydrogens (primary N) is 1. The van der Waals surface area contributed by atoms with Crippen LogP contribution in [0.5, 0.6) is 0 Å². The number of carbonyl (C=O) groups excluding carboxylic acids is 1. The summed E-state index contributed by atoms with van der Waals surface area (Å²) in [4.78, 5) is 26.4. The summed E-state index contributed by atoms with van der Waals surface area (Å²) in [7, 11) is -1.98. The maximum atomic E-state index is 11.5. The molecule has 3 aromatic rings. The minimum absolute atomic E-state index is 0.0657. The van der Waals surface area contributed by atoms with Crippen molar-refractivity contribution in [2.24, 2.45) is 5.73 Å². The van der Waals surface area contributed by atoms with Gasteiger partial charge in [-0.15, -0.1) is 0 Å². The Morgan fingerprint density at radius 2 is 2.03 bits per heavy atom. The molecule has 2 heterocycles. The quantitative estimate of drug-likeness (QED) is 0.288. The van der Waals surface area contributed by atoms with Crippen LogP contribution in [0.15, 0.2) is 43.0 Å². The molecule has 0 aliphatic heterocycles. The first-order valence-electron chi connectivity index (χ1n) is 10.6. The summed E-state index contributed by atoms with van der Waals surface area (Å²) in [5, 5.41) is 12.2. The molecule has 0 saturated carbocycles. The molecule has 0 spiro atoms. The number of fused-ring (bicyclic) bond motifs is 1. The van der Waals surface area contributed by atoms with E-state index in [1.165, 1.54) is 6.07 Å². The number of nitro groups is 1. The molecular formula is C22H31N5O4Si. The highest BCUT2D eigenvalue weighted by atomic mass is 28.4. The summed E-state index contributed by atoms with van der Waals surface area (Å²) < 4.78 is 10.3. The van der Waals surface area contributed by atoms with E-state index >= 15 is 0 Å². The third-order valence-corrected chi connectivity index (χ3v) is 10.9. The van der Waals surface area contributed by atoms with Crippen LogP contribution >= 0.6 is 0 Å². The lowest BCUT2D eigenvalue weighted by Gasteiger charge is -2.37. The number of hydrogen-bond donors (Lipinski definition) is 1. The topological polar surface area (TPSA) is 118 Å². The first-order chi connectivity index (χ1) is 14.9. The second-order valence-electron chi connectivity index (χ2n) is 9.59. The van der Waals surface area contributed by atoms with Crippen molar-refractivity contribution in [3.8, 4) is 0 Å². The van der Waals surface area contributed by atoms with E-state index in [0.717, 1.165) is 10.9 Å². The van der Waals surface area contributed by atoms with Crippen molar-refractivity contribution in [1.29, 1.82) is 0 Å². The van der Waals surface area contributed by atoms with Gasteiger partial charge in [-0.2, -0.15) is 0 Å². The van der Waals surface area contributed by atoms with Gasteiger partial charge in [0.1, 0.15) is 5.69 Å². The maximum absolute atomic E-state index is 11.5. The molecule has 2 N–H and O–H groups in total. The molecule has 0 fully saturated rings. The Balaban J connectivity index is 1.83. The zero-order valence-electron chi connectivity index (χ0n) is 19.2. The predicted molar refractivity (Wildman–Crippen MR) is 126 cm³/mol. The lowest BCUT2D eigenvalue weighted by Crippen LogP contribution is -2.42. The Hall–Kier alpha value is -2.98. The summed E-state index contributed by atoms with van der Waals surface area (Å²) in [6.45, 7) is 12.1. The van der Waals surface area contributed by atoms with Crippen molar-refractivity contribution in [2.75, 3.05) is 6.61 Å². The Labute approximate surface area is 188 Å². The number of nitrogens with zero attached hydrogens (tertiary/aromatic N) is 4. The highest BCUT2D eigenvalue weighted by molar-refractivity contribution is 6.74. The van der Waals surface area contributed by atoms with E-state index in [4.69, 9.17) is 10.2 Å². The van der Waals surface area contributed by atoms with Gasteiger partial charge in [0, 0.05) is 36.5 Å². The van der Waals surface area contributed by atoms with Crippen LogP contribution < -0.4 is 5.73 Å². The lowest BCUT2D eigenvalue weighted by atomic mass is 10.2. The molecule has 3 rings (SSSR count). The SMILES string of the molecule is CC(C)(C)[Si](C)(C)OCC(CCn1ccc2ccc([N+](=O)[O-])cc21)n1cnc(C(N)=O)c1. The largest absolute Gasteiger partial charge is 0.415 e. The van der Waals surface area contributed by atoms with Gasteiger partial charge in [-0.25, -0.2) is 4.98 Å². The van der Waals surface area contributed by atoms with Gasteiger partial charge in [-0.1, -0.05) is 20.8 Å². The second kappa shape index (κ2) is 8.87. The molecule has 1 aromatic carbocycles. The van der Waals surface area contributed by atoms with Gasteiger partial charge in [-0.05, 0) is 36.7 Å². The van der Waals surface area contributed by atoms with Crippen LogP contribution in [0.2, 0.25) is 18.1 Å². The number of non-ortho nitro benzene ring substituents is 1. The summed E-state index contributed by atoms with van der Waals surface area (Å²) in [6.07, 6.45) is 5.89. The van der Waals surface area contributed by atoms with E-state index in [1.54, 1.807) is 24.7 Å². The first kappa shape index (κ1) is 23.7.